The molecule has 2 aromatic carbocycles. The maximum atomic E-state index is 12.7. The Labute approximate surface area is 164 Å². The summed E-state index contributed by atoms with van der Waals surface area (Å²) in [5.41, 5.74) is 1.47. The molecule has 7 nitrogen and oxygen atoms in total. The summed E-state index contributed by atoms with van der Waals surface area (Å²) < 4.78 is 32.6. The molecular weight excluding hydrogens is 378 g/mol. The van der Waals surface area contributed by atoms with Gasteiger partial charge in [-0.15, -0.1) is 0 Å². The van der Waals surface area contributed by atoms with E-state index in [0.717, 1.165) is 12.0 Å². The second-order valence-corrected chi connectivity index (χ2v) is 7.37. The molecule has 0 radical (unpaired) electrons. The standard InChI is InChI=1S/C20H21N3O4S/c1-3-15-9-11-17(12-10-15)28(25,26)23-19-8-6-5-7-18(19)22-14-16(13-21)20(24)27-4-2/h5-12,14,22-23H,3-4H2,1-2H3/b16-14+. The Kier molecular flexibility index (Phi) is 7.18. The number of carbonyl (C=O) groups excluding carboxylic acids is 1. The van der Waals surface area contributed by atoms with Crippen LogP contribution >= 0.6 is 0 Å². The van der Waals surface area contributed by atoms with Crippen molar-refractivity contribution in [3.8, 4) is 6.07 Å². The molecule has 2 aromatic rings. The predicted octanol–water partition coefficient (Wildman–Crippen LogP) is 3.43. The van der Waals surface area contributed by atoms with E-state index < -0.39 is 16.0 Å². The van der Waals surface area contributed by atoms with E-state index in [4.69, 9.17) is 10.00 Å². The zero-order valence-electron chi connectivity index (χ0n) is 15.6. The monoisotopic (exact) mass is 399 g/mol. The Bertz CT molecular complexity index is 1010. The molecule has 28 heavy (non-hydrogen) atoms. The van der Waals surface area contributed by atoms with Gasteiger partial charge in [0.15, 0.2) is 5.57 Å². The van der Waals surface area contributed by atoms with Crippen LogP contribution in [-0.4, -0.2) is 21.0 Å². The number of hydrogen-bond donors (Lipinski definition) is 2. The summed E-state index contributed by atoms with van der Waals surface area (Å²) in [4.78, 5) is 11.8. The number of esters is 1. The molecule has 8 heteroatoms. The van der Waals surface area contributed by atoms with Gasteiger partial charge in [-0.1, -0.05) is 31.2 Å². The number of aryl methyl sites for hydroxylation is 1. The van der Waals surface area contributed by atoms with E-state index in [1.165, 1.54) is 6.20 Å². The lowest BCUT2D eigenvalue weighted by molar-refractivity contribution is -0.138. The van der Waals surface area contributed by atoms with Crippen LogP contribution in [0.4, 0.5) is 11.4 Å². The number of anilines is 2. The summed E-state index contributed by atoms with van der Waals surface area (Å²) in [6.45, 7) is 3.77. The van der Waals surface area contributed by atoms with Crippen molar-refractivity contribution in [3.05, 3.63) is 65.9 Å². The Balaban J connectivity index is 2.26. The molecule has 2 rings (SSSR count). The number of nitrogens with zero attached hydrogens (tertiary/aromatic N) is 1. The highest BCUT2D eigenvalue weighted by Gasteiger charge is 2.16. The fourth-order valence-corrected chi connectivity index (χ4v) is 3.38. The average molecular weight is 399 g/mol. The summed E-state index contributed by atoms with van der Waals surface area (Å²) in [7, 11) is -3.80. The number of rotatable bonds is 8. The number of para-hydroxylation sites is 2. The highest BCUT2D eigenvalue weighted by molar-refractivity contribution is 7.92. The van der Waals surface area contributed by atoms with Gasteiger partial charge in [-0.2, -0.15) is 5.26 Å². The Morgan fingerprint density at radius 3 is 2.32 bits per heavy atom. The molecule has 0 amide bonds. The predicted molar refractivity (Wildman–Crippen MR) is 107 cm³/mol. The van der Waals surface area contributed by atoms with Gasteiger partial charge in [-0.25, -0.2) is 13.2 Å². The summed E-state index contributed by atoms with van der Waals surface area (Å²) >= 11 is 0. The van der Waals surface area contributed by atoms with E-state index in [-0.39, 0.29) is 22.8 Å². The third-order valence-electron chi connectivity index (χ3n) is 3.80. The first kappa shape index (κ1) is 21.0. The van der Waals surface area contributed by atoms with Crippen molar-refractivity contribution in [1.82, 2.24) is 0 Å². The van der Waals surface area contributed by atoms with Crippen LogP contribution in [0.15, 0.2) is 65.2 Å². The number of nitriles is 1. The average Bonchev–Trinajstić information content (AvgIpc) is 2.69. The molecule has 0 heterocycles. The Morgan fingerprint density at radius 1 is 1.11 bits per heavy atom. The van der Waals surface area contributed by atoms with Crippen LogP contribution < -0.4 is 10.0 Å². The highest BCUT2D eigenvalue weighted by Crippen LogP contribution is 2.25. The highest BCUT2D eigenvalue weighted by atomic mass is 32.2. The van der Waals surface area contributed by atoms with Gasteiger partial charge in [-0.3, -0.25) is 4.72 Å². The van der Waals surface area contributed by atoms with E-state index in [2.05, 4.69) is 10.0 Å². The van der Waals surface area contributed by atoms with Crippen molar-refractivity contribution in [1.29, 1.82) is 5.26 Å². The van der Waals surface area contributed by atoms with Gasteiger partial charge in [0.25, 0.3) is 10.0 Å². The molecule has 0 aliphatic rings. The van der Waals surface area contributed by atoms with Gasteiger partial charge in [0.2, 0.25) is 0 Å². The lowest BCUT2D eigenvalue weighted by Crippen LogP contribution is -2.14. The van der Waals surface area contributed by atoms with Crippen LogP contribution in [0, 0.1) is 11.3 Å². The molecule has 0 unspecified atom stereocenters. The van der Waals surface area contributed by atoms with Crippen LogP contribution in [0.2, 0.25) is 0 Å². The van der Waals surface area contributed by atoms with Crippen LogP contribution in [0.25, 0.3) is 0 Å². The fraction of sp³-hybridized carbons (Fsp3) is 0.200. The first-order chi connectivity index (χ1) is 13.4. The van der Waals surface area contributed by atoms with Crippen molar-refractivity contribution in [2.45, 2.75) is 25.2 Å². The van der Waals surface area contributed by atoms with Gasteiger partial charge >= 0.3 is 5.97 Å². The number of sulfonamides is 1. The number of carbonyl (C=O) groups is 1. The van der Waals surface area contributed by atoms with Crippen molar-refractivity contribution >= 4 is 27.4 Å². The molecule has 0 saturated heterocycles. The van der Waals surface area contributed by atoms with E-state index in [9.17, 15) is 13.2 Å². The first-order valence-electron chi connectivity index (χ1n) is 8.66. The van der Waals surface area contributed by atoms with Gasteiger partial charge in [0, 0.05) is 6.20 Å². The zero-order valence-corrected chi connectivity index (χ0v) is 16.4. The van der Waals surface area contributed by atoms with Crippen LogP contribution in [0.3, 0.4) is 0 Å². The minimum Gasteiger partial charge on any atom is -0.462 e. The minimum absolute atomic E-state index is 0.138. The molecule has 0 saturated carbocycles. The minimum atomic E-state index is -3.80. The van der Waals surface area contributed by atoms with Crippen LogP contribution in [0.1, 0.15) is 19.4 Å². The molecular formula is C20H21N3O4S. The molecule has 0 aliphatic carbocycles. The molecule has 0 spiro atoms. The number of benzene rings is 2. The summed E-state index contributed by atoms with van der Waals surface area (Å²) in [6, 6.07) is 14.9. The molecule has 146 valence electrons. The Morgan fingerprint density at radius 2 is 1.75 bits per heavy atom. The van der Waals surface area contributed by atoms with E-state index >= 15 is 0 Å². The smallest absolute Gasteiger partial charge is 0.350 e. The van der Waals surface area contributed by atoms with Gasteiger partial charge in [0.1, 0.15) is 6.07 Å². The molecule has 0 fully saturated rings. The largest absolute Gasteiger partial charge is 0.462 e. The second-order valence-electron chi connectivity index (χ2n) is 5.68. The van der Waals surface area contributed by atoms with E-state index in [1.807, 2.05) is 6.92 Å². The molecule has 0 bridgehead atoms. The first-order valence-corrected chi connectivity index (χ1v) is 10.1. The van der Waals surface area contributed by atoms with Crippen molar-refractivity contribution < 1.29 is 17.9 Å². The lowest BCUT2D eigenvalue weighted by Gasteiger charge is -2.13. The van der Waals surface area contributed by atoms with E-state index in [0.29, 0.717) is 5.69 Å². The molecule has 0 aromatic heterocycles. The maximum Gasteiger partial charge on any atom is 0.350 e. The van der Waals surface area contributed by atoms with Crippen molar-refractivity contribution in [2.24, 2.45) is 0 Å². The number of nitrogens with one attached hydrogen (secondary N) is 2. The molecule has 0 aliphatic heterocycles. The topological polar surface area (TPSA) is 108 Å². The van der Waals surface area contributed by atoms with Crippen LogP contribution in [-0.2, 0) is 26.0 Å². The quantitative estimate of drug-likeness (QED) is 0.400. The summed E-state index contributed by atoms with van der Waals surface area (Å²) in [5.74, 6) is -0.758. The third kappa shape index (κ3) is 5.34. The van der Waals surface area contributed by atoms with Crippen LogP contribution in [0.5, 0.6) is 0 Å². The van der Waals surface area contributed by atoms with Gasteiger partial charge in [0.05, 0.1) is 22.9 Å². The summed E-state index contributed by atoms with van der Waals surface area (Å²) in [6.07, 6.45) is 2.00. The number of ether oxygens (including phenoxy) is 1. The Hall–Kier alpha value is -3.31. The van der Waals surface area contributed by atoms with Crippen molar-refractivity contribution in [2.75, 3.05) is 16.6 Å². The zero-order chi connectivity index (χ0) is 20.6. The third-order valence-corrected chi connectivity index (χ3v) is 5.18. The lowest BCUT2D eigenvalue weighted by atomic mass is 10.2. The summed E-state index contributed by atoms with van der Waals surface area (Å²) in [5, 5.41) is 11.9. The maximum absolute atomic E-state index is 12.7. The normalized spacial score (nSPS) is 11.4. The van der Waals surface area contributed by atoms with Gasteiger partial charge in [-0.05, 0) is 43.2 Å². The SMILES string of the molecule is CCOC(=O)/C(C#N)=C/Nc1ccccc1NS(=O)(=O)c1ccc(CC)cc1. The molecule has 0 atom stereocenters. The molecule has 2 N–H and O–H groups in total. The second kappa shape index (κ2) is 9.58. The van der Waals surface area contributed by atoms with Crippen molar-refractivity contribution in [3.63, 3.8) is 0 Å². The number of hydrogen-bond acceptors (Lipinski definition) is 6. The fourth-order valence-electron chi connectivity index (χ4n) is 2.30. The van der Waals surface area contributed by atoms with Gasteiger partial charge < -0.3 is 10.1 Å². The van der Waals surface area contributed by atoms with E-state index in [1.54, 1.807) is 61.5 Å².